The molecule has 8 heteroatoms. The Bertz CT molecular complexity index is 808. The van der Waals surface area contributed by atoms with Gasteiger partial charge in [0, 0.05) is 29.1 Å². The van der Waals surface area contributed by atoms with Gasteiger partial charge in [0.15, 0.2) is 15.0 Å². The molecule has 22 heavy (non-hydrogen) atoms. The van der Waals surface area contributed by atoms with Crippen molar-refractivity contribution in [3.05, 3.63) is 41.7 Å². The number of aryl methyl sites for hydroxylation is 1. The molecule has 5 nitrogen and oxygen atoms in total. The lowest BCUT2D eigenvalue weighted by Gasteiger charge is -2.12. The summed E-state index contributed by atoms with van der Waals surface area (Å²) in [6.45, 7) is 1.87. The van der Waals surface area contributed by atoms with Gasteiger partial charge in [-0.2, -0.15) is 0 Å². The highest BCUT2D eigenvalue weighted by molar-refractivity contribution is 8.00. The first kappa shape index (κ1) is 16.9. The maximum Gasteiger partial charge on any atom is 0.252 e. The van der Waals surface area contributed by atoms with Gasteiger partial charge in [0.05, 0.1) is 4.90 Å². The van der Waals surface area contributed by atoms with Gasteiger partial charge in [-0.05, 0) is 53.5 Å². The molecule has 0 bridgehead atoms. The minimum Gasteiger partial charge on any atom is -0.276 e. The zero-order chi connectivity index (χ0) is 16.3. The Kier molecular flexibility index (Phi) is 5.20. The molecule has 0 saturated carbocycles. The van der Waals surface area contributed by atoms with E-state index in [9.17, 15) is 13.2 Å². The molecule has 0 atom stereocenters. The molecular formula is C14H13ClN2O3S2. The van der Waals surface area contributed by atoms with Gasteiger partial charge < -0.3 is 0 Å². The molecule has 0 N–H and O–H groups in total. The second kappa shape index (κ2) is 6.76. The smallest absolute Gasteiger partial charge is 0.252 e. The van der Waals surface area contributed by atoms with Crippen LogP contribution in [0.15, 0.2) is 45.5 Å². The zero-order valence-corrected chi connectivity index (χ0v) is 14.3. The summed E-state index contributed by atoms with van der Waals surface area (Å²) in [7, 11) is -3.52. The number of aromatic nitrogens is 2. The van der Waals surface area contributed by atoms with Crippen molar-refractivity contribution >= 4 is 38.4 Å². The van der Waals surface area contributed by atoms with Gasteiger partial charge in [0.1, 0.15) is 0 Å². The molecule has 116 valence electrons. The van der Waals surface area contributed by atoms with Crippen LogP contribution in [0.25, 0.3) is 0 Å². The third-order valence-corrected chi connectivity index (χ3v) is 5.33. The first-order valence-corrected chi connectivity index (χ1v) is 9.43. The maximum absolute atomic E-state index is 12.0. The minimum atomic E-state index is -3.52. The largest absolute Gasteiger partial charge is 0.276 e. The third-order valence-electron chi connectivity index (χ3n) is 2.91. The van der Waals surface area contributed by atoms with Crippen LogP contribution in [0.3, 0.4) is 0 Å². The number of hydrogen-bond acceptors (Lipinski definition) is 6. The van der Waals surface area contributed by atoms with E-state index in [-0.39, 0.29) is 10.5 Å². The quantitative estimate of drug-likeness (QED) is 0.605. The number of hydrogen-bond donors (Lipinski definition) is 0. The van der Waals surface area contributed by atoms with Crippen molar-refractivity contribution in [2.45, 2.75) is 28.3 Å². The number of benzene rings is 1. The Morgan fingerprint density at radius 3 is 2.41 bits per heavy atom. The van der Waals surface area contributed by atoms with E-state index < -0.39 is 15.1 Å². The highest BCUT2D eigenvalue weighted by Gasteiger charge is 2.20. The van der Waals surface area contributed by atoms with E-state index in [2.05, 4.69) is 9.97 Å². The van der Waals surface area contributed by atoms with Crippen LogP contribution in [0.5, 0.6) is 0 Å². The summed E-state index contributed by atoms with van der Waals surface area (Å²) >= 11 is 6.69. The number of sulfone groups is 1. The van der Waals surface area contributed by atoms with Crippen molar-refractivity contribution in [2.24, 2.45) is 0 Å². The second-order valence-corrected chi connectivity index (χ2v) is 7.83. The van der Waals surface area contributed by atoms with Crippen molar-refractivity contribution in [2.75, 3.05) is 6.26 Å². The lowest BCUT2D eigenvalue weighted by atomic mass is 10.1. The van der Waals surface area contributed by atoms with E-state index >= 15 is 0 Å². The summed E-state index contributed by atoms with van der Waals surface area (Å²) in [5.74, 6) is 0. The van der Waals surface area contributed by atoms with Gasteiger partial charge >= 0.3 is 0 Å². The molecule has 0 amide bonds. The predicted octanol–water partition coefficient (Wildman–Crippen LogP) is 2.97. The molecule has 0 aliphatic heterocycles. The van der Waals surface area contributed by atoms with E-state index in [1.165, 1.54) is 6.07 Å². The Balaban J connectivity index is 2.63. The molecule has 0 spiro atoms. The molecule has 1 aromatic carbocycles. The summed E-state index contributed by atoms with van der Waals surface area (Å²) in [6.07, 6.45) is 4.80. The maximum atomic E-state index is 12.0. The SMILES string of the molecule is CCc1cc(Sc2ncccn2)c(S(C)(=O)=O)cc1C(=O)Cl. The second-order valence-electron chi connectivity index (χ2n) is 4.49. The van der Waals surface area contributed by atoms with Crippen LogP contribution in [0.1, 0.15) is 22.8 Å². The van der Waals surface area contributed by atoms with Crippen LogP contribution in [0.2, 0.25) is 0 Å². The first-order valence-electron chi connectivity index (χ1n) is 6.34. The fourth-order valence-electron chi connectivity index (χ4n) is 1.88. The lowest BCUT2D eigenvalue weighted by molar-refractivity contribution is 0.108. The van der Waals surface area contributed by atoms with Crippen molar-refractivity contribution < 1.29 is 13.2 Å². The molecule has 0 unspecified atom stereocenters. The summed E-state index contributed by atoms with van der Waals surface area (Å²) in [5.41, 5.74) is 0.897. The average molecular weight is 357 g/mol. The topological polar surface area (TPSA) is 77.0 Å². The molecule has 2 aromatic rings. The molecule has 1 heterocycles. The van der Waals surface area contributed by atoms with Crippen LogP contribution in [-0.4, -0.2) is 29.9 Å². The molecule has 0 fully saturated rings. The standard InChI is InChI=1S/C14H13ClN2O3S2/c1-3-9-7-11(21-14-16-5-4-6-17-14)12(22(2,19)20)8-10(9)13(15)18/h4-8H,3H2,1-2H3. The minimum absolute atomic E-state index is 0.0474. The molecule has 0 aliphatic rings. The van der Waals surface area contributed by atoms with E-state index in [1.54, 1.807) is 24.5 Å². The molecule has 0 saturated heterocycles. The van der Waals surface area contributed by atoms with Gasteiger partial charge in [-0.1, -0.05) is 6.92 Å². The summed E-state index contributed by atoms with van der Waals surface area (Å²) in [6, 6.07) is 4.66. The molecule has 1 aromatic heterocycles. The van der Waals surface area contributed by atoms with E-state index in [1.807, 2.05) is 6.92 Å². The van der Waals surface area contributed by atoms with Crippen LogP contribution in [-0.2, 0) is 16.3 Å². The van der Waals surface area contributed by atoms with Gasteiger partial charge in [-0.25, -0.2) is 18.4 Å². The Morgan fingerprint density at radius 1 is 1.27 bits per heavy atom. The number of rotatable bonds is 5. The fraction of sp³-hybridized carbons (Fsp3) is 0.214. The van der Waals surface area contributed by atoms with Crippen molar-refractivity contribution in [1.82, 2.24) is 9.97 Å². The number of nitrogens with zero attached hydrogens (tertiary/aromatic N) is 2. The molecular weight excluding hydrogens is 344 g/mol. The number of halogens is 1. The van der Waals surface area contributed by atoms with Crippen molar-refractivity contribution in [1.29, 1.82) is 0 Å². The lowest BCUT2D eigenvalue weighted by Crippen LogP contribution is -2.05. The van der Waals surface area contributed by atoms with Gasteiger partial charge in [-0.3, -0.25) is 4.79 Å². The monoisotopic (exact) mass is 356 g/mol. The highest BCUT2D eigenvalue weighted by Crippen LogP contribution is 2.33. The van der Waals surface area contributed by atoms with Crippen LogP contribution in [0, 0.1) is 0 Å². The molecule has 0 aliphatic carbocycles. The number of carbonyl (C=O) groups excluding carboxylic acids is 1. The van der Waals surface area contributed by atoms with Crippen LogP contribution in [0.4, 0.5) is 0 Å². The van der Waals surface area contributed by atoms with Gasteiger partial charge in [-0.15, -0.1) is 0 Å². The summed E-state index contributed by atoms with van der Waals surface area (Å²) in [4.78, 5) is 20.2. The highest BCUT2D eigenvalue weighted by atomic mass is 35.5. The predicted molar refractivity (Wildman–Crippen MR) is 85.3 cm³/mol. The van der Waals surface area contributed by atoms with Gasteiger partial charge in [0.2, 0.25) is 0 Å². The Hall–Kier alpha value is -1.44. The first-order chi connectivity index (χ1) is 10.3. The van der Waals surface area contributed by atoms with Gasteiger partial charge in [0.25, 0.3) is 5.24 Å². The Labute approximate surface area is 138 Å². The van der Waals surface area contributed by atoms with Crippen molar-refractivity contribution in [3.63, 3.8) is 0 Å². The Morgan fingerprint density at radius 2 is 1.91 bits per heavy atom. The number of carbonyl (C=O) groups is 1. The average Bonchev–Trinajstić information content (AvgIpc) is 2.46. The zero-order valence-electron chi connectivity index (χ0n) is 11.9. The molecule has 2 rings (SSSR count). The van der Waals surface area contributed by atoms with E-state index in [0.717, 1.165) is 18.0 Å². The third kappa shape index (κ3) is 3.85. The van der Waals surface area contributed by atoms with Crippen LogP contribution >= 0.6 is 23.4 Å². The van der Waals surface area contributed by atoms with E-state index in [0.29, 0.717) is 22.0 Å². The normalized spacial score (nSPS) is 11.4. The molecule has 0 radical (unpaired) electrons. The van der Waals surface area contributed by atoms with E-state index in [4.69, 9.17) is 11.6 Å². The van der Waals surface area contributed by atoms with Crippen LogP contribution < -0.4 is 0 Å². The summed E-state index contributed by atoms with van der Waals surface area (Å²) in [5, 5.41) is -0.242. The summed E-state index contributed by atoms with van der Waals surface area (Å²) < 4.78 is 24.0. The fourth-order valence-corrected chi connectivity index (χ4v) is 4.18. The van der Waals surface area contributed by atoms with Crippen molar-refractivity contribution in [3.8, 4) is 0 Å².